The fourth-order valence-electron chi connectivity index (χ4n) is 2.63. The molecule has 0 radical (unpaired) electrons. The van der Waals surface area contributed by atoms with Crippen LogP contribution in [-0.4, -0.2) is 35.2 Å². The molecular formula is C21H18FNO5S. The molecule has 1 aliphatic heterocycles. The van der Waals surface area contributed by atoms with Crippen LogP contribution in [0.15, 0.2) is 53.4 Å². The summed E-state index contributed by atoms with van der Waals surface area (Å²) in [6.45, 7) is 1.54. The fourth-order valence-corrected chi connectivity index (χ4v) is 3.46. The molecule has 0 atom stereocenters. The summed E-state index contributed by atoms with van der Waals surface area (Å²) in [5.41, 5.74) is 1.25. The average molecular weight is 415 g/mol. The van der Waals surface area contributed by atoms with Gasteiger partial charge in [-0.3, -0.25) is 19.3 Å². The van der Waals surface area contributed by atoms with Crippen molar-refractivity contribution in [2.24, 2.45) is 0 Å². The topological polar surface area (TPSA) is 72.9 Å². The van der Waals surface area contributed by atoms with E-state index in [9.17, 15) is 18.8 Å². The first-order valence-electron chi connectivity index (χ1n) is 8.85. The van der Waals surface area contributed by atoms with Crippen LogP contribution < -0.4 is 4.74 Å². The zero-order valence-corrected chi connectivity index (χ0v) is 16.4. The largest absolute Gasteiger partial charge is 0.488 e. The molecule has 8 heteroatoms. The van der Waals surface area contributed by atoms with Crippen molar-refractivity contribution in [3.05, 3.63) is 70.4 Å². The molecule has 0 saturated carbocycles. The van der Waals surface area contributed by atoms with E-state index < -0.39 is 23.7 Å². The molecule has 2 aromatic rings. The molecule has 29 heavy (non-hydrogen) atoms. The summed E-state index contributed by atoms with van der Waals surface area (Å²) in [6.07, 6.45) is 1.54. The van der Waals surface area contributed by atoms with Crippen molar-refractivity contribution in [2.75, 3.05) is 13.2 Å². The van der Waals surface area contributed by atoms with Crippen LogP contribution in [0.5, 0.6) is 5.75 Å². The molecule has 6 nitrogen and oxygen atoms in total. The highest BCUT2D eigenvalue weighted by Crippen LogP contribution is 2.34. The number of nitrogens with zero attached hydrogens (tertiary/aromatic N) is 1. The summed E-state index contributed by atoms with van der Waals surface area (Å²) < 4.78 is 23.9. The lowest BCUT2D eigenvalue weighted by atomic mass is 10.1. The van der Waals surface area contributed by atoms with Crippen molar-refractivity contribution in [2.45, 2.75) is 13.5 Å². The Balaban J connectivity index is 1.76. The molecule has 3 rings (SSSR count). The van der Waals surface area contributed by atoms with Crippen LogP contribution in [0.2, 0.25) is 0 Å². The number of imide groups is 1. The highest BCUT2D eigenvalue weighted by molar-refractivity contribution is 8.18. The van der Waals surface area contributed by atoms with E-state index in [4.69, 9.17) is 9.47 Å². The minimum absolute atomic E-state index is 0.146. The van der Waals surface area contributed by atoms with E-state index in [1.54, 1.807) is 43.3 Å². The van der Waals surface area contributed by atoms with Gasteiger partial charge in [0.15, 0.2) is 0 Å². The van der Waals surface area contributed by atoms with E-state index in [1.165, 1.54) is 18.2 Å². The Morgan fingerprint density at radius 1 is 1.17 bits per heavy atom. The van der Waals surface area contributed by atoms with Gasteiger partial charge in [-0.1, -0.05) is 30.3 Å². The van der Waals surface area contributed by atoms with Gasteiger partial charge >= 0.3 is 5.97 Å². The van der Waals surface area contributed by atoms with Crippen molar-refractivity contribution in [3.63, 3.8) is 0 Å². The summed E-state index contributed by atoms with van der Waals surface area (Å²) in [7, 11) is 0. The summed E-state index contributed by atoms with van der Waals surface area (Å²) in [4.78, 5) is 37.3. The fraction of sp³-hybridized carbons (Fsp3) is 0.190. The van der Waals surface area contributed by atoms with Crippen LogP contribution in [0.3, 0.4) is 0 Å². The Labute approximate surface area is 171 Å². The smallest absolute Gasteiger partial charge is 0.326 e. The maximum Gasteiger partial charge on any atom is 0.326 e. The first-order valence-corrected chi connectivity index (χ1v) is 9.67. The van der Waals surface area contributed by atoms with Crippen molar-refractivity contribution in [1.29, 1.82) is 0 Å². The van der Waals surface area contributed by atoms with Crippen LogP contribution in [0.1, 0.15) is 18.1 Å². The Bertz CT molecular complexity index is 975. The number of hydrogen-bond donors (Lipinski definition) is 0. The second-order valence-electron chi connectivity index (χ2n) is 6.03. The molecule has 0 aromatic heterocycles. The predicted molar refractivity (Wildman–Crippen MR) is 106 cm³/mol. The zero-order chi connectivity index (χ0) is 20.8. The van der Waals surface area contributed by atoms with E-state index in [0.717, 1.165) is 16.7 Å². The summed E-state index contributed by atoms with van der Waals surface area (Å²) in [5, 5.41) is -0.535. The molecule has 0 spiro atoms. The van der Waals surface area contributed by atoms with Crippen LogP contribution in [-0.2, 0) is 20.9 Å². The molecule has 2 amide bonds. The summed E-state index contributed by atoms with van der Waals surface area (Å²) in [6, 6.07) is 13.1. The van der Waals surface area contributed by atoms with Crippen molar-refractivity contribution < 1.29 is 28.2 Å². The number of carbonyl (C=O) groups is 3. The van der Waals surface area contributed by atoms with Crippen LogP contribution in [0, 0.1) is 5.82 Å². The number of hydrogen-bond acceptors (Lipinski definition) is 6. The van der Waals surface area contributed by atoms with Gasteiger partial charge in [0.25, 0.3) is 11.1 Å². The molecule has 0 aliphatic carbocycles. The number of thioether (sulfide) groups is 1. The van der Waals surface area contributed by atoms with Crippen molar-refractivity contribution in [1.82, 2.24) is 4.90 Å². The van der Waals surface area contributed by atoms with E-state index in [1.807, 2.05) is 0 Å². The molecule has 1 heterocycles. The number of esters is 1. The molecule has 1 fully saturated rings. The molecular weight excluding hydrogens is 397 g/mol. The highest BCUT2D eigenvalue weighted by atomic mass is 32.2. The number of para-hydroxylation sites is 1. The molecule has 0 N–H and O–H groups in total. The monoisotopic (exact) mass is 415 g/mol. The van der Waals surface area contributed by atoms with Crippen LogP contribution in [0.4, 0.5) is 9.18 Å². The zero-order valence-electron chi connectivity index (χ0n) is 15.6. The second-order valence-corrected chi connectivity index (χ2v) is 7.02. The molecule has 2 aromatic carbocycles. The molecule has 0 unspecified atom stereocenters. The van der Waals surface area contributed by atoms with Gasteiger partial charge in [0, 0.05) is 5.56 Å². The number of amides is 2. The van der Waals surface area contributed by atoms with Gasteiger partial charge in [-0.05, 0) is 48.5 Å². The third-order valence-electron chi connectivity index (χ3n) is 3.96. The van der Waals surface area contributed by atoms with Gasteiger partial charge in [-0.2, -0.15) is 0 Å². The molecule has 1 aliphatic rings. The van der Waals surface area contributed by atoms with Crippen molar-refractivity contribution >= 4 is 35.0 Å². The maximum absolute atomic E-state index is 13.3. The van der Waals surface area contributed by atoms with Gasteiger partial charge < -0.3 is 9.47 Å². The number of halogens is 1. The number of benzene rings is 2. The lowest BCUT2D eigenvalue weighted by Crippen LogP contribution is -2.34. The Kier molecular flexibility index (Phi) is 6.66. The van der Waals surface area contributed by atoms with Crippen molar-refractivity contribution in [3.8, 4) is 5.75 Å². The number of carbonyl (C=O) groups excluding carboxylic acids is 3. The highest BCUT2D eigenvalue weighted by Gasteiger charge is 2.36. The third-order valence-corrected chi connectivity index (χ3v) is 4.86. The average Bonchev–Trinajstić information content (AvgIpc) is 2.95. The van der Waals surface area contributed by atoms with E-state index in [-0.39, 0.29) is 23.9 Å². The lowest BCUT2D eigenvalue weighted by Gasteiger charge is -2.11. The Morgan fingerprint density at radius 2 is 1.97 bits per heavy atom. The summed E-state index contributed by atoms with van der Waals surface area (Å²) >= 11 is 0.747. The number of rotatable bonds is 7. The number of ether oxygens (including phenoxy) is 2. The Hall–Kier alpha value is -3.13. The maximum atomic E-state index is 13.3. The Morgan fingerprint density at radius 3 is 2.72 bits per heavy atom. The molecule has 1 saturated heterocycles. The van der Waals surface area contributed by atoms with E-state index in [0.29, 0.717) is 16.9 Å². The third kappa shape index (κ3) is 5.23. The van der Waals surface area contributed by atoms with Gasteiger partial charge in [0.2, 0.25) is 0 Å². The van der Waals surface area contributed by atoms with E-state index >= 15 is 0 Å². The normalized spacial score (nSPS) is 15.1. The lowest BCUT2D eigenvalue weighted by molar-refractivity contribution is -0.145. The first-order chi connectivity index (χ1) is 14.0. The molecule has 0 bridgehead atoms. The van der Waals surface area contributed by atoms with Gasteiger partial charge in [0.1, 0.15) is 24.7 Å². The quantitative estimate of drug-likeness (QED) is 0.503. The SMILES string of the molecule is CCOC(=O)CN1C(=O)S/C(=C/c2ccccc2OCc2cccc(F)c2)C1=O. The minimum atomic E-state index is -0.644. The van der Waals surface area contributed by atoms with Gasteiger partial charge in [-0.15, -0.1) is 0 Å². The van der Waals surface area contributed by atoms with Crippen LogP contribution in [0.25, 0.3) is 6.08 Å². The van der Waals surface area contributed by atoms with E-state index in [2.05, 4.69) is 0 Å². The second kappa shape index (κ2) is 9.38. The standard InChI is InChI=1S/C21H18FNO5S/c1-2-27-19(24)12-23-20(25)18(29-21(23)26)11-15-7-3-4-9-17(15)28-13-14-6-5-8-16(22)10-14/h3-11H,2,12-13H2,1H3/b18-11+. The summed E-state index contributed by atoms with van der Waals surface area (Å²) in [5.74, 6) is -1.08. The van der Waals surface area contributed by atoms with Gasteiger partial charge in [0.05, 0.1) is 11.5 Å². The van der Waals surface area contributed by atoms with Crippen LogP contribution >= 0.6 is 11.8 Å². The first kappa shape index (κ1) is 20.6. The van der Waals surface area contributed by atoms with Gasteiger partial charge in [-0.25, -0.2) is 4.39 Å². The minimum Gasteiger partial charge on any atom is -0.488 e. The predicted octanol–water partition coefficient (Wildman–Crippen LogP) is 4.00. The molecule has 150 valence electrons.